The van der Waals surface area contributed by atoms with E-state index in [-0.39, 0.29) is 19.5 Å². The largest absolute Gasteiger partial charge is 0.503 e. The van der Waals surface area contributed by atoms with Crippen LogP contribution in [0, 0.1) is 17.5 Å². The van der Waals surface area contributed by atoms with Crippen LogP contribution in [0.5, 0.6) is 5.75 Å². The van der Waals surface area contributed by atoms with Crippen molar-refractivity contribution in [2.24, 2.45) is 0 Å². The second kappa shape index (κ2) is 3.72. The van der Waals surface area contributed by atoms with E-state index in [0.29, 0.717) is 12.1 Å². The van der Waals surface area contributed by atoms with Crippen molar-refractivity contribution in [3.05, 3.63) is 29.6 Å². The maximum atomic E-state index is 12.1. The molecule has 56 valence electrons. The summed E-state index contributed by atoms with van der Waals surface area (Å²) in [6.45, 7) is 0. The summed E-state index contributed by atoms with van der Waals surface area (Å²) in [5.74, 6) is -4.79. The Hall–Kier alpha value is -0.567. The summed E-state index contributed by atoms with van der Waals surface area (Å²) in [7, 11) is 0. The van der Waals surface area contributed by atoms with Crippen LogP contribution in [0.3, 0.4) is 0 Å². The number of hydrogen-bond acceptors (Lipinski definition) is 1. The van der Waals surface area contributed by atoms with E-state index < -0.39 is 23.2 Å². The number of phenols is 1. The molecule has 0 unspecified atom stereocenters. The van der Waals surface area contributed by atoms with Gasteiger partial charge < -0.3 is 5.11 Å². The Morgan fingerprint density at radius 1 is 1.00 bits per heavy atom. The van der Waals surface area contributed by atoms with Gasteiger partial charge in [-0.3, -0.25) is 0 Å². The first-order valence-corrected chi connectivity index (χ1v) is 2.45. The van der Waals surface area contributed by atoms with Gasteiger partial charge in [-0.05, 0) is 0 Å². The normalized spacial score (nSPS) is 9.00. The fourth-order valence-corrected chi connectivity index (χ4v) is 0.535. The third kappa shape index (κ3) is 2.19. The molecule has 0 aliphatic heterocycles. The molecular formula is C6H3F3OZn. The predicted molar refractivity (Wildman–Crippen MR) is 28.0 cm³/mol. The van der Waals surface area contributed by atoms with Crippen molar-refractivity contribution in [1.82, 2.24) is 0 Å². The van der Waals surface area contributed by atoms with Gasteiger partial charge in [0.05, 0.1) is 0 Å². The van der Waals surface area contributed by atoms with E-state index in [4.69, 9.17) is 5.11 Å². The molecule has 11 heavy (non-hydrogen) atoms. The Labute approximate surface area is 73.6 Å². The summed E-state index contributed by atoms with van der Waals surface area (Å²) < 4.78 is 36.2. The molecule has 0 aliphatic carbocycles. The predicted octanol–water partition coefficient (Wildman–Crippen LogP) is 1.81. The minimum absolute atomic E-state index is 0. The van der Waals surface area contributed by atoms with Crippen LogP contribution in [0.2, 0.25) is 0 Å². The van der Waals surface area contributed by atoms with Crippen LogP contribution in [0.1, 0.15) is 0 Å². The molecule has 1 nitrogen and oxygen atoms in total. The van der Waals surface area contributed by atoms with Crippen molar-refractivity contribution >= 4 is 0 Å². The molecule has 0 heterocycles. The van der Waals surface area contributed by atoms with E-state index >= 15 is 0 Å². The third-order valence-electron chi connectivity index (χ3n) is 0.982. The minimum atomic E-state index is -1.29. The first-order valence-electron chi connectivity index (χ1n) is 2.45. The minimum Gasteiger partial charge on any atom is -0.503 e. The monoisotopic (exact) mass is 212 g/mol. The summed E-state index contributed by atoms with van der Waals surface area (Å²) in [4.78, 5) is 0. The van der Waals surface area contributed by atoms with Gasteiger partial charge in [-0.2, -0.15) is 0 Å². The summed E-state index contributed by atoms with van der Waals surface area (Å²) >= 11 is 0. The summed E-state index contributed by atoms with van der Waals surface area (Å²) in [6.07, 6.45) is 0. The topological polar surface area (TPSA) is 20.2 Å². The zero-order valence-electron chi connectivity index (χ0n) is 5.44. The molecule has 1 aromatic rings. The molecule has 1 N–H and O–H groups in total. The number of benzene rings is 1. The number of hydrogen-bond donors (Lipinski definition) is 1. The van der Waals surface area contributed by atoms with Crippen molar-refractivity contribution in [2.75, 3.05) is 0 Å². The Balaban J connectivity index is 0.000001000. The van der Waals surface area contributed by atoms with Gasteiger partial charge in [0.1, 0.15) is 5.82 Å². The molecule has 0 bridgehead atoms. The van der Waals surface area contributed by atoms with Crippen molar-refractivity contribution in [3.8, 4) is 5.75 Å². The molecule has 0 aliphatic rings. The molecule has 1 aromatic carbocycles. The molecule has 0 saturated carbocycles. The molecule has 0 atom stereocenters. The maximum absolute atomic E-state index is 12.1. The SMILES string of the molecule is Oc1c(F)cc(F)cc1F.[Zn]. The summed E-state index contributed by atoms with van der Waals surface area (Å²) in [6, 6.07) is 0.802. The van der Waals surface area contributed by atoms with Gasteiger partial charge in [-0.1, -0.05) is 0 Å². The van der Waals surface area contributed by atoms with Gasteiger partial charge in [0.2, 0.25) is 0 Å². The molecule has 5 heteroatoms. The number of aromatic hydroxyl groups is 1. The van der Waals surface area contributed by atoms with Crippen molar-refractivity contribution in [3.63, 3.8) is 0 Å². The molecule has 1 rings (SSSR count). The zero-order chi connectivity index (χ0) is 7.72. The van der Waals surface area contributed by atoms with Gasteiger partial charge in [-0.25, -0.2) is 13.2 Å². The Morgan fingerprint density at radius 3 is 1.73 bits per heavy atom. The van der Waals surface area contributed by atoms with Crippen LogP contribution < -0.4 is 0 Å². The van der Waals surface area contributed by atoms with E-state index in [0.717, 1.165) is 0 Å². The van der Waals surface area contributed by atoms with E-state index in [2.05, 4.69) is 0 Å². The standard InChI is InChI=1S/C6H3F3O.Zn/c7-3-1-4(8)6(10)5(9)2-3;/h1-2,10H;. The maximum Gasteiger partial charge on any atom is 0.187 e. The second-order valence-electron chi connectivity index (χ2n) is 1.72. The van der Waals surface area contributed by atoms with Crippen LogP contribution in [0.4, 0.5) is 13.2 Å². The van der Waals surface area contributed by atoms with E-state index in [1.807, 2.05) is 0 Å². The van der Waals surface area contributed by atoms with Crippen LogP contribution in [-0.4, -0.2) is 5.11 Å². The average molecular weight is 213 g/mol. The van der Waals surface area contributed by atoms with Gasteiger partial charge in [0, 0.05) is 31.6 Å². The molecular weight excluding hydrogens is 210 g/mol. The first kappa shape index (κ1) is 10.4. The van der Waals surface area contributed by atoms with Crippen LogP contribution >= 0.6 is 0 Å². The van der Waals surface area contributed by atoms with Crippen LogP contribution in [-0.2, 0) is 19.5 Å². The molecule has 0 saturated heterocycles. The van der Waals surface area contributed by atoms with Crippen molar-refractivity contribution in [1.29, 1.82) is 0 Å². The van der Waals surface area contributed by atoms with Gasteiger partial charge in [0.25, 0.3) is 0 Å². The Bertz CT molecular complexity index is 241. The van der Waals surface area contributed by atoms with E-state index in [1.165, 1.54) is 0 Å². The van der Waals surface area contributed by atoms with E-state index in [9.17, 15) is 13.2 Å². The average Bonchev–Trinajstić information content (AvgIpc) is 1.82. The molecule has 0 amide bonds. The molecule has 0 spiro atoms. The van der Waals surface area contributed by atoms with E-state index in [1.54, 1.807) is 0 Å². The molecule has 0 fully saturated rings. The second-order valence-corrected chi connectivity index (χ2v) is 1.72. The van der Waals surface area contributed by atoms with Crippen LogP contribution in [0.15, 0.2) is 12.1 Å². The zero-order valence-corrected chi connectivity index (χ0v) is 8.41. The summed E-state index contributed by atoms with van der Waals surface area (Å²) in [5.41, 5.74) is 0. The number of halogens is 3. The van der Waals surface area contributed by atoms with Crippen LogP contribution in [0.25, 0.3) is 0 Å². The third-order valence-corrected chi connectivity index (χ3v) is 0.982. The van der Waals surface area contributed by atoms with Crippen molar-refractivity contribution < 1.29 is 37.8 Å². The summed E-state index contributed by atoms with van der Waals surface area (Å²) in [5, 5.41) is 8.41. The quantitative estimate of drug-likeness (QED) is 0.652. The fraction of sp³-hybridized carbons (Fsp3) is 0. The Morgan fingerprint density at radius 2 is 1.36 bits per heavy atom. The first-order chi connectivity index (χ1) is 4.61. The Kier molecular flexibility index (Phi) is 3.53. The van der Waals surface area contributed by atoms with Gasteiger partial charge in [-0.15, -0.1) is 0 Å². The fourth-order valence-electron chi connectivity index (χ4n) is 0.535. The van der Waals surface area contributed by atoms with Gasteiger partial charge in [0.15, 0.2) is 17.4 Å². The smallest absolute Gasteiger partial charge is 0.187 e. The number of rotatable bonds is 0. The molecule has 0 radical (unpaired) electrons. The van der Waals surface area contributed by atoms with Crippen molar-refractivity contribution in [2.45, 2.75) is 0 Å². The number of phenolic OH excluding ortho intramolecular Hbond substituents is 1. The molecule has 0 aromatic heterocycles. The van der Waals surface area contributed by atoms with Gasteiger partial charge >= 0.3 is 0 Å².